The number of hydrogen-bond acceptors (Lipinski definition) is 2. The SMILES string of the molecule is C=CC[C@@H]1CC=C[C@@H](C)N1C(=O)c1cccc2ccnn12. The number of carbonyl (C=O) groups excluding carboxylic acids is 1. The summed E-state index contributed by atoms with van der Waals surface area (Å²) in [4.78, 5) is 14.9. The molecule has 2 aromatic rings. The Bertz CT molecular complexity index is 701. The van der Waals surface area contributed by atoms with Gasteiger partial charge in [0.25, 0.3) is 5.91 Å². The van der Waals surface area contributed by atoms with Crippen molar-refractivity contribution < 1.29 is 4.79 Å². The van der Waals surface area contributed by atoms with Gasteiger partial charge in [-0.25, -0.2) is 4.52 Å². The predicted molar refractivity (Wildman–Crippen MR) is 83.2 cm³/mol. The van der Waals surface area contributed by atoms with Crippen LogP contribution in [-0.4, -0.2) is 32.5 Å². The molecule has 1 amide bonds. The molecule has 1 aliphatic rings. The summed E-state index contributed by atoms with van der Waals surface area (Å²) in [5, 5.41) is 4.26. The standard InChI is InChI=1S/C17H19N3O/c1-3-6-14-8-4-7-13(2)19(14)17(21)16-10-5-9-15-11-12-18-20(15)16/h3-5,7,9-14H,1,6,8H2,2H3/t13-,14-/m1/s1. The fourth-order valence-corrected chi connectivity index (χ4v) is 2.97. The molecule has 108 valence electrons. The van der Waals surface area contributed by atoms with Crippen LogP contribution < -0.4 is 0 Å². The highest BCUT2D eigenvalue weighted by Crippen LogP contribution is 2.23. The van der Waals surface area contributed by atoms with Crippen LogP contribution >= 0.6 is 0 Å². The van der Waals surface area contributed by atoms with E-state index in [4.69, 9.17) is 0 Å². The van der Waals surface area contributed by atoms with Gasteiger partial charge in [0, 0.05) is 12.1 Å². The van der Waals surface area contributed by atoms with E-state index in [2.05, 4.69) is 23.8 Å². The molecule has 0 fully saturated rings. The van der Waals surface area contributed by atoms with Gasteiger partial charge in [-0.05, 0) is 38.0 Å². The summed E-state index contributed by atoms with van der Waals surface area (Å²) in [6.07, 6.45) is 9.50. The third-order valence-corrected chi connectivity index (χ3v) is 3.97. The van der Waals surface area contributed by atoms with Crippen molar-refractivity contribution in [2.24, 2.45) is 0 Å². The Balaban J connectivity index is 2.01. The van der Waals surface area contributed by atoms with Gasteiger partial charge in [-0.15, -0.1) is 6.58 Å². The summed E-state index contributed by atoms with van der Waals surface area (Å²) >= 11 is 0. The van der Waals surface area contributed by atoms with Gasteiger partial charge in [0.05, 0.1) is 11.7 Å². The molecule has 4 heteroatoms. The highest BCUT2D eigenvalue weighted by Gasteiger charge is 2.30. The van der Waals surface area contributed by atoms with E-state index in [1.807, 2.05) is 42.2 Å². The Morgan fingerprint density at radius 3 is 3.14 bits per heavy atom. The second-order valence-corrected chi connectivity index (χ2v) is 5.37. The Hall–Kier alpha value is -2.36. The molecule has 2 atom stereocenters. The molecule has 0 saturated carbocycles. The Morgan fingerprint density at radius 2 is 2.33 bits per heavy atom. The van der Waals surface area contributed by atoms with E-state index in [1.165, 1.54) is 0 Å². The van der Waals surface area contributed by atoms with Crippen LogP contribution in [0.4, 0.5) is 0 Å². The summed E-state index contributed by atoms with van der Waals surface area (Å²) in [6.45, 7) is 5.86. The molecule has 0 spiro atoms. The Kier molecular flexibility index (Phi) is 3.60. The molecular weight excluding hydrogens is 262 g/mol. The van der Waals surface area contributed by atoms with Crippen LogP contribution in [-0.2, 0) is 0 Å². The number of aromatic nitrogens is 2. The molecular formula is C17H19N3O. The fraction of sp³-hybridized carbons (Fsp3) is 0.294. The minimum Gasteiger partial charge on any atom is -0.328 e. The van der Waals surface area contributed by atoms with Crippen LogP contribution in [0.3, 0.4) is 0 Å². The normalized spacial score (nSPS) is 21.7. The second kappa shape index (κ2) is 5.56. The van der Waals surface area contributed by atoms with Gasteiger partial charge in [-0.2, -0.15) is 5.10 Å². The van der Waals surface area contributed by atoms with Crippen LogP contribution in [0.25, 0.3) is 5.52 Å². The summed E-state index contributed by atoms with van der Waals surface area (Å²) in [5.74, 6) is 0.0213. The number of hydrogen-bond donors (Lipinski definition) is 0. The monoisotopic (exact) mass is 281 g/mol. The highest BCUT2D eigenvalue weighted by molar-refractivity contribution is 5.94. The van der Waals surface area contributed by atoms with Crippen LogP contribution in [0.1, 0.15) is 30.3 Å². The molecule has 0 aliphatic carbocycles. The van der Waals surface area contributed by atoms with Crippen molar-refractivity contribution in [1.82, 2.24) is 14.5 Å². The van der Waals surface area contributed by atoms with E-state index in [0.717, 1.165) is 18.4 Å². The average Bonchev–Trinajstić information content (AvgIpc) is 2.95. The van der Waals surface area contributed by atoms with Gasteiger partial charge in [0.1, 0.15) is 5.69 Å². The maximum Gasteiger partial charge on any atom is 0.273 e. The zero-order valence-electron chi connectivity index (χ0n) is 12.1. The topological polar surface area (TPSA) is 37.6 Å². The lowest BCUT2D eigenvalue weighted by molar-refractivity contribution is 0.0613. The van der Waals surface area contributed by atoms with Crippen molar-refractivity contribution in [3.05, 3.63) is 61.0 Å². The zero-order valence-corrected chi connectivity index (χ0v) is 12.1. The van der Waals surface area contributed by atoms with E-state index in [0.29, 0.717) is 5.69 Å². The van der Waals surface area contributed by atoms with Crippen molar-refractivity contribution in [3.8, 4) is 0 Å². The lowest BCUT2D eigenvalue weighted by atomic mass is 9.99. The van der Waals surface area contributed by atoms with Crippen molar-refractivity contribution in [3.63, 3.8) is 0 Å². The number of pyridine rings is 1. The molecule has 1 aliphatic heterocycles. The smallest absolute Gasteiger partial charge is 0.273 e. The molecule has 0 unspecified atom stereocenters. The molecule has 21 heavy (non-hydrogen) atoms. The van der Waals surface area contributed by atoms with Gasteiger partial charge in [-0.1, -0.05) is 24.3 Å². The molecule has 0 bridgehead atoms. The van der Waals surface area contributed by atoms with Crippen LogP contribution in [0.5, 0.6) is 0 Å². The van der Waals surface area contributed by atoms with E-state index < -0.39 is 0 Å². The molecule has 3 heterocycles. The third kappa shape index (κ3) is 2.37. The quantitative estimate of drug-likeness (QED) is 0.811. The minimum atomic E-state index is 0.0213. The lowest BCUT2D eigenvalue weighted by Crippen LogP contribution is -2.47. The molecule has 4 nitrogen and oxygen atoms in total. The number of rotatable bonds is 3. The molecule has 0 aromatic carbocycles. The van der Waals surface area contributed by atoms with Crippen molar-refractivity contribution in [2.75, 3.05) is 0 Å². The number of carbonyl (C=O) groups is 1. The summed E-state index contributed by atoms with van der Waals surface area (Å²) < 4.78 is 1.71. The lowest BCUT2D eigenvalue weighted by Gasteiger charge is -2.37. The molecule has 2 aromatic heterocycles. The first-order valence-electron chi connectivity index (χ1n) is 7.25. The maximum absolute atomic E-state index is 13.0. The number of nitrogens with zero attached hydrogens (tertiary/aromatic N) is 3. The first-order valence-corrected chi connectivity index (χ1v) is 7.25. The first kappa shape index (κ1) is 13.6. The second-order valence-electron chi connectivity index (χ2n) is 5.37. The number of amides is 1. The van der Waals surface area contributed by atoms with Gasteiger partial charge >= 0.3 is 0 Å². The van der Waals surface area contributed by atoms with Crippen LogP contribution in [0.15, 0.2) is 55.3 Å². The molecule has 0 saturated heterocycles. The van der Waals surface area contributed by atoms with Crippen molar-refractivity contribution >= 4 is 11.4 Å². The van der Waals surface area contributed by atoms with Gasteiger partial charge in [0.15, 0.2) is 0 Å². The predicted octanol–water partition coefficient (Wildman–Crippen LogP) is 3.07. The summed E-state index contributed by atoms with van der Waals surface area (Å²) in [5.41, 5.74) is 1.54. The Morgan fingerprint density at radius 1 is 1.48 bits per heavy atom. The first-order chi connectivity index (χ1) is 10.2. The fourth-order valence-electron chi connectivity index (χ4n) is 2.97. The molecule has 0 radical (unpaired) electrons. The average molecular weight is 281 g/mol. The van der Waals surface area contributed by atoms with Crippen molar-refractivity contribution in [1.29, 1.82) is 0 Å². The van der Waals surface area contributed by atoms with E-state index in [-0.39, 0.29) is 18.0 Å². The minimum absolute atomic E-state index is 0.0213. The third-order valence-electron chi connectivity index (χ3n) is 3.97. The van der Waals surface area contributed by atoms with Crippen LogP contribution in [0, 0.1) is 0 Å². The molecule has 0 N–H and O–H groups in total. The summed E-state index contributed by atoms with van der Waals surface area (Å²) in [6, 6.07) is 7.83. The van der Waals surface area contributed by atoms with E-state index in [9.17, 15) is 4.79 Å². The van der Waals surface area contributed by atoms with Gasteiger partial charge < -0.3 is 4.90 Å². The Labute approximate surface area is 124 Å². The zero-order chi connectivity index (χ0) is 14.8. The van der Waals surface area contributed by atoms with E-state index >= 15 is 0 Å². The van der Waals surface area contributed by atoms with Crippen LogP contribution in [0.2, 0.25) is 0 Å². The van der Waals surface area contributed by atoms with Crippen molar-refractivity contribution in [2.45, 2.75) is 31.8 Å². The van der Waals surface area contributed by atoms with Gasteiger partial charge in [0.2, 0.25) is 0 Å². The molecule has 3 rings (SSSR count). The van der Waals surface area contributed by atoms with Gasteiger partial charge in [-0.3, -0.25) is 4.79 Å². The summed E-state index contributed by atoms with van der Waals surface area (Å²) in [7, 11) is 0. The largest absolute Gasteiger partial charge is 0.328 e. The number of fused-ring (bicyclic) bond motifs is 1. The highest BCUT2D eigenvalue weighted by atomic mass is 16.2. The van der Waals surface area contributed by atoms with E-state index in [1.54, 1.807) is 10.7 Å². The maximum atomic E-state index is 13.0.